The SMILES string of the molecule is CCN1CCN(C(C)c2c(C)c(C(=O)O)cc3c(-c4cccnc4N(C)C)ccn23)CC1. The Morgan fingerprint density at radius 2 is 1.91 bits per heavy atom. The summed E-state index contributed by atoms with van der Waals surface area (Å²) in [6, 6.07) is 7.97. The van der Waals surface area contributed by atoms with Crippen LogP contribution in [0.2, 0.25) is 0 Å². The highest BCUT2D eigenvalue weighted by molar-refractivity contribution is 5.95. The lowest BCUT2D eigenvalue weighted by Gasteiger charge is -2.38. The summed E-state index contributed by atoms with van der Waals surface area (Å²) in [6.07, 6.45) is 3.86. The molecule has 0 amide bonds. The number of likely N-dealkylation sites (N-methyl/N-ethyl adjacent to an activating group) is 1. The van der Waals surface area contributed by atoms with Gasteiger partial charge in [-0.15, -0.1) is 0 Å². The number of pyridine rings is 2. The van der Waals surface area contributed by atoms with Crippen LogP contribution in [0.25, 0.3) is 16.6 Å². The highest BCUT2D eigenvalue weighted by Crippen LogP contribution is 2.36. The van der Waals surface area contributed by atoms with Crippen molar-refractivity contribution in [3.63, 3.8) is 0 Å². The van der Waals surface area contributed by atoms with E-state index in [-0.39, 0.29) is 6.04 Å². The number of nitrogens with zero attached hydrogens (tertiary/aromatic N) is 5. The predicted octanol–water partition coefficient (Wildman–Crippen LogP) is 3.77. The number of aromatic nitrogens is 2. The molecule has 0 aromatic carbocycles. The van der Waals surface area contributed by atoms with Crippen molar-refractivity contribution >= 4 is 17.3 Å². The highest BCUT2D eigenvalue weighted by Gasteiger charge is 2.27. The number of aromatic carboxylic acids is 1. The molecule has 0 radical (unpaired) electrons. The minimum absolute atomic E-state index is 0.110. The van der Waals surface area contributed by atoms with E-state index in [9.17, 15) is 9.90 Å². The second-order valence-corrected chi connectivity index (χ2v) is 8.77. The topological polar surface area (TPSA) is 64.3 Å². The summed E-state index contributed by atoms with van der Waals surface area (Å²) in [4.78, 5) is 23.7. The predicted molar refractivity (Wildman–Crippen MR) is 129 cm³/mol. The zero-order valence-electron chi connectivity index (χ0n) is 19.7. The number of carboxylic acids is 1. The molecule has 4 rings (SSSR count). The quantitative estimate of drug-likeness (QED) is 0.636. The van der Waals surface area contributed by atoms with E-state index < -0.39 is 5.97 Å². The molecule has 1 aliphatic heterocycles. The second kappa shape index (κ2) is 8.92. The van der Waals surface area contributed by atoms with Crippen molar-refractivity contribution in [2.24, 2.45) is 0 Å². The first-order valence-electron chi connectivity index (χ1n) is 11.3. The summed E-state index contributed by atoms with van der Waals surface area (Å²) in [5, 5.41) is 10.00. The van der Waals surface area contributed by atoms with Crippen LogP contribution in [0.3, 0.4) is 0 Å². The number of carboxylic acid groups (broad SMARTS) is 1. The number of carbonyl (C=O) groups is 1. The summed E-state index contributed by atoms with van der Waals surface area (Å²) >= 11 is 0. The van der Waals surface area contributed by atoms with Crippen molar-refractivity contribution in [2.45, 2.75) is 26.8 Å². The monoisotopic (exact) mass is 435 g/mol. The zero-order chi connectivity index (χ0) is 23.0. The van der Waals surface area contributed by atoms with E-state index in [1.165, 1.54) is 0 Å². The van der Waals surface area contributed by atoms with Gasteiger partial charge in [-0.25, -0.2) is 9.78 Å². The van der Waals surface area contributed by atoms with E-state index in [1.54, 1.807) is 6.20 Å². The standard InChI is InChI=1S/C25H33N5O2/c1-6-28-12-14-29(15-13-28)18(3)23-17(2)21(25(31)32)16-22-19(9-11-30(22)23)20-8-7-10-26-24(20)27(4)5/h7-11,16,18H,6,12-15H2,1-5H3,(H,31,32). The molecular weight excluding hydrogens is 402 g/mol. The fourth-order valence-electron chi connectivity index (χ4n) is 4.93. The fourth-order valence-corrected chi connectivity index (χ4v) is 4.93. The molecule has 1 saturated heterocycles. The molecule has 3 aromatic heterocycles. The van der Waals surface area contributed by atoms with Crippen molar-refractivity contribution in [1.82, 2.24) is 19.2 Å². The molecule has 7 nitrogen and oxygen atoms in total. The normalized spacial score (nSPS) is 16.4. The van der Waals surface area contributed by atoms with Crippen LogP contribution in [0.5, 0.6) is 0 Å². The smallest absolute Gasteiger partial charge is 0.336 e. The van der Waals surface area contributed by atoms with Crippen LogP contribution in [0.15, 0.2) is 36.7 Å². The molecule has 170 valence electrons. The number of hydrogen-bond acceptors (Lipinski definition) is 5. The van der Waals surface area contributed by atoms with Crippen molar-refractivity contribution < 1.29 is 9.90 Å². The third-order valence-corrected chi connectivity index (χ3v) is 6.78. The molecule has 32 heavy (non-hydrogen) atoms. The lowest BCUT2D eigenvalue weighted by Crippen LogP contribution is -2.47. The Balaban J connectivity index is 1.87. The lowest BCUT2D eigenvalue weighted by molar-refractivity contribution is 0.0695. The molecule has 0 saturated carbocycles. The van der Waals surface area contributed by atoms with Crippen LogP contribution >= 0.6 is 0 Å². The van der Waals surface area contributed by atoms with Gasteiger partial charge in [0.25, 0.3) is 0 Å². The van der Waals surface area contributed by atoms with Crippen LogP contribution < -0.4 is 4.90 Å². The lowest BCUT2D eigenvalue weighted by atomic mass is 9.99. The first-order chi connectivity index (χ1) is 15.3. The fraction of sp³-hybridized carbons (Fsp3) is 0.440. The molecule has 1 aliphatic rings. The van der Waals surface area contributed by atoms with Gasteiger partial charge in [0.15, 0.2) is 0 Å². The van der Waals surface area contributed by atoms with Crippen molar-refractivity contribution in [2.75, 3.05) is 51.7 Å². The minimum atomic E-state index is -0.888. The van der Waals surface area contributed by atoms with Gasteiger partial charge in [0.2, 0.25) is 0 Å². The van der Waals surface area contributed by atoms with Gasteiger partial charge in [-0.2, -0.15) is 0 Å². The molecule has 1 atom stereocenters. The van der Waals surface area contributed by atoms with Crippen LogP contribution in [-0.4, -0.2) is 77.1 Å². The molecule has 0 spiro atoms. The number of rotatable bonds is 6. The largest absolute Gasteiger partial charge is 0.478 e. The third-order valence-electron chi connectivity index (χ3n) is 6.78. The van der Waals surface area contributed by atoms with Gasteiger partial charge in [-0.1, -0.05) is 6.92 Å². The molecule has 3 aromatic rings. The van der Waals surface area contributed by atoms with Gasteiger partial charge >= 0.3 is 5.97 Å². The van der Waals surface area contributed by atoms with Gasteiger partial charge in [0, 0.05) is 75.5 Å². The second-order valence-electron chi connectivity index (χ2n) is 8.77. The number of piperazine rings is 1. The highest BCUT2D eigenvalue weighted by atomic mass is 16.4. The Bertz CT molecular complexity index is 1130. The Hall–Kier alpha value is -2.90. The maximum Gasteiger partial charge on any atom is 0.336 e. The van der Waals surface area contributed by atoms with Crippen molar-refractivity contribution in [3.05, 3.63) is 53.5 Å². The molecule has 7 heteroatoms. The Labute approximate surface area is 189 Å². The first-order valence-corrected chi connectivity index (χ1v) is 11.3. The van der Waals surface area contributed by atoms with E-state index in [2.05, 4.69) is 45.3 Å². The third kappa shape index (κ3) is 3.87. The van der Waals surface area contributed by atoms with Crippen molar-refractivity contribution in [3.8, 4) is 11.1 Å². The summed E-state index contributed by atoms with van der Waals surface area (Å²) in [7, 11) is 3.95. The summed E-state index contributed by atoms with van der Waals surface area (Å²) < 4.78 is 2.18. The molecule has 1 fully saturated rings. The Morgan fingerprint density at radius 1 is 1.19 bits per heavy atom. The maximum atomic E-state index is 12.2. The van der Waals surface area contributed by atoms with Crippen LogP contribution in [0.1, 0.15) is 41.5 Å². The van der Waals surface area contributed by atoms with Gasteiger partial charge in [-0.05, 0) is 50.2 Å². The van der Waals surface area contributed by atoms with Crippen LogP contribution in [0.4, 0.5) is 5.82 Å². The average molecular weight is 436 g/mol. The van der Waals surface area contributed by atoms with E-state index in [0.29, 0.717) is 5.56 Å². The summed E-state index contributed by atoms with van der Waals surface area (Å²) in [5.74, 6) is -0.0243. The number of fused-ring (bicyclic) bond motifs is 1. The van der Waals surface area contributed by atoms with Gasteiger partial charge in [0.1, 0.15) is 5.82 Å². The average Bonchev–Trinajstić information content (AvgIpc) is 3.21. The summed E-state index contributed by atoms with van der Waals surface area (Å²) in [6.45, 7) is 11.4. The molecule has 1 N–H and O–H groups in total. The van der Waals surface area contributed by atoms with Gasteiger partial charge < -0.3 is 19.3 Å². The molecule has 1 unspecified atom stereocenters. The van der Waals surface area contributed by atoms with E-state index in [0.717, 1.165) is 66.4 Å². The number of anilines is 1. The van der Waals surface area contributed by atoms with Crippen LogP contribution in [0, 0.1) is 6.92 Å². The van der Waals surface area contributed by atoms with Crippen molar-refractivity contribution in [1.29, 1.82) is 0 Å². The molecule has 0 bridgehead atoms. The zero-order valence-corrected chi connectivity index (χ0v) is 19.7. The maximum absolute atomic E-state index is 12.2. The molecule has 4 heterocycles. The summed E-state index contributed by atoms with van der Waals surface area (Å²) in [5.41, 5.74) is 5.13. The van der Waals surface area contributed by atoms with Gasteiger partial charge in [0.05, 0.1) is 11.1 Å². The van der Waals surface area contributed by atoms with E-state index >= 15 is 0 Å². The van der Waals surface area contributed by atoms with Gasteiger partial charge in [-0.3, -0.25) is 4.90 Å². The Morgan fingerprint density at radius 3 is 2.53 bits per heavy atom. The van der Waals surface area contributed by atoms with Crippen LogP contribution in [-0.2, 0) is 0 Å². The van der Waals surface area contributed by atoms with E-state index in [1.807, 2.05) is 44.1 Å². The minimum Gasteiger partial charge on any atom is -0.478 e. The van der Waals surface area contributed by atoms with E-state index in [4.69, 9.17) is 0 Å². The number of hydrogen-bond donors (Lipinski definition) is 1. The molecule has 0 aliphatic carbocycles. The first kappa shape index (κ1) is 22.3. The Kier molecular flexibility index (Phi) is 6.22. The molecular formula is C25H33N5O2.